The van der Waals surface area contributed by atoms with Crippen molar-refractivity contribution < 1.29 is 0 Å². The minimum Gasteiger partial charge on any atom is -0.344 e. The number of nitrogens with two attached hydrogens (primary N) is 1. The van der Waals surface area contributed by atoms with Crippen molar-refractivity contribution >= 4 is 0 Å². The fourth-order valence-corrected chi connectivity index (χ4v) is 2.25. The summed E-state index contributed by atoms with van der Waals surface area (Å²) in [5.41, 5.74) is 6.02. The Balaban J connectivity index is 0.00000121. The Morgan fingerprint density at radius 1 is 0.917 bits per heavy atom. The summed E-state index contributed by atoms with van der Waals surface area (Å²) in [4.78, 5) is 0. The summed E-state index contributed by atoms with van der Waals surface area (Å²) >= 11 is 0. The lowest BCUT2D eigenvalue weighted by molar-refractivity contribution is 0.115. The van der Waals surface area contributed by atoms with Gasteiger partial charge >= 0.3 is 0 Å². The van der Waals surface area contributed by atoms with E-state index in [-0.39, 0.29) is 6.15 Å². The highest BCUT2D eigenvalue weighted by Gasteiger charge is 2.33. The molecule has 0 aromatic rings. The van der Waals surface area contributed by atoms with Gasteiger partial charge in [0.1, 0.15) is 0 Å². The Kier molecular flexibility index (Phi) is 4.21. The molecule has 74 valence electrons. The van der Waals surface area contributed by atoms with E-state index in [1.165, 1.54) is 6.42 Å². The molecular formula is C10H24N2. The van der Waals surface area contributed by atoms with Gasteiger partial charge in [0.05, 0.1) is 0 Å². The summed E-state index contributed by atoms with van der Waals surface area (Å²) in [7, 11) is 0. The van der Waals surface area contributed by atoms with Crippen LogP contribution in [0.2, 0.25) is 0 Å². The molecule has 5 atom stereocenters. The molecule has 0 spiro atoms. The fraction of sp³-hybridized carbons (Fsp3) is 1.00. The van der Waals surface area contributed by atoms with E-state index in [4.69, 9.17) is 5.73 Å². The van der Waals surface area contributed by atoms with Gasteiger partial charge in [-0.1, -0.05) is 27.7 Å². The molecule has 1 saturated carbocycles. The summed E-state index contributed by atoms with van der Waals surface area (Å²) in [6.07, 6.45) is 1.21. The van der Waals surface area contributed by atoms with Crippen LogP contribution < -0.4 is 11.9 Å². The molecule has 0 heterocycles. The van der Waals surface area contributed by atoms with Crippen molar-refractivity contribution in [3.63, 3.8) is 0 Å². The average Bonchev–Trinajstić information content (AvgIpc) is 1.97. The molecule has 2 nitrogen and oxygen atoms in total. The molecule has 1 rings (SSSR count). The smallest absolute Gasteiger partial charge is 0.00698 e. The number of rotatable bonds is 0. The molecule has 0 amide bonds. The minimum atomic E-state index is 0. The van der Waals surface area contributed by atoms with Crippen LogP contribution in [0.1, 0.15) is 34.1 Å². The second kappa shape index (κ2) is 4.24. The van der Waals surface area contributed by atoms with Gasteiger partial charge in [-0.15, -0.1) is 0 Å². The minimum absolute atomic E-state index is 0. The van der Waals surface area contributed by atoms with E-state index in [2.05, 4.69) is 27.7 Å². The molecule has 0 aromatic heterocycles. The molecule has 5 unspecified atom stereocenters. The lowest BCUT2D eigenvalue weighted by Crippen LogP contribution is -2.43. The third-order valence-corrected chi connectivity index (χ3v) is 3.88. The highest BCUT2D eigenvalue weighted by molar-refractivity contribution is 4.86. The maximum atomic E-state index is 6.02. The molecule has 0 aliphatic heterocycles. The van der Waals surface area contributed by atoms with Crippen molar-refractivity contribution in [3.05, 3.63) is 0 Å². The molecule has 0 bridgehead atoms. The van der Waals surface area contributed by atoms with Crippen LogP contribution in [-0.4, -0.2) is 6.04 Å². The zero-order valence-corrected chi connectivity index (χ0v) is 8.88. The van der Waals surface area contributed by atoms with E-state index in [1.807, 2.05) is 0 Å². The largest absolute Gasteiger partial charge is 0.344 e. The van der Waals surface area contributed by atoms with Crippen molar-refractivity contribution in [2.45, 2.75) is 40.2 Å². The van der Waals surface area contributed by atoms with E-state index in [0.717, 1.165) is 17.8 Å². The number of hydrogen-bond donors (Lipinski definition) is 2. The van der Waals surface area contributed by atoms with Gasteiger partial charge in [-0.05, 0) is 30.1 Å². The summed E-state index contributed by atoms with van der Waals surface area (Å²) in [5.74, 6) is 3.18. The van der Waals surface area contributed by atoms with E-state index < -0.39 is 0 Å². The Labute approximate surface area is 76.5 Å². The first kappa shape index (κ1) is 11.9. The van der Waals surface area contributed by atoms with E-state index in [0.29, 0.717) is 12.0 Å². The first-order valence-corrected chi connectivity index (χ1v) is 4.79. The highest BCUT2D eigenvalue weighted by Crippen LogP contribution is 2.37. The third-order valence-electron chi connectivity index (χ3n) is 3.88. The van der Waals surface area contributed by atoms with Crippen molar-refractivity contribution in [1.82, 2.24) is 6.15 Å². The summed E-state index contributed by atoms with van der Waals surface area (Å²) in [6.45, 7) is 9.31. The van der Waals surface area contributed by atoms with Crippen LogP contribution in [-0.2, 0) is 0 Å². The molecule has 2 heteroatoms. The molecule has 1 aliphatic carbocycles. The average molecular weight is 172 g/mol. The molecule has 1 aliphatic rings. The predicted octanol–water partition coefficient (Wildman–Crippen LogP) is 2.42. The van der Waals surface area contributed by atoms with Gasteiger partial charge in [0, 0.05) is 6.04 Å². The molecule has 0 radical (unpaired) electrons. The van der Waals surface area contributed by atoms with Crippen LogP contribution in [0.3, 0.4) is 0 Å². The van der Waals surface area contributed by atoms with Gasteiger partial charge in [-0.25, -0.2) is 0 Å². The zero-order chi connectivity index (χ0) is 8.59. The second-order valence-corrected chi connectivity index (χ2v) is 4.45. The van der Waals surface area contributed by atoms with Crippen LogP contribution in [0.25, 0.3) is 0 Å². The SMILES string of the molecule is CC1CC(N)C(C)C(C)C1C.N. The summed E-state index contributed by atoms with van der Waals surface area (Å²) in [6, 6.07) is 0.441. The van der Waals surface area contributed by atoms with Gasteiger partial charge in [0.15, 0.2) is 0 Å². The lowest BCUT2D eigenvalue weighted by atomic mass is 9.67. The van der Waals surface area contributed by atoms with Crippen LogP contribution in [0.5, 0.6) is 0 Å². The Hall–Kier alpha value is -0.0800. The van der Waals surface area contributed by atoms with Gasteiger partial charge in [0.2, 0.25) is 0 Å². The van der Waals surface area contributed by atoms with Gasteiger partial charge in [-0.2, -0.15) is 0 Å². The second-order valence-electron chi connectivity index (χ2n) is 4.45. The van der Waals surface area contributed by atoms with E-state index in [1.54, 1.807) is 0 Å². The highest BCUT2D eigenvalue weighted by atomic mass is 14.7. The van der Waals surface area contributed by atoms with Crippen LogP contribution in [0.4, 0.5) is 0 Å². The topological polar surface area (TPSA) is 61.0 Å². The van der Waals surface area contributed by atoms with Gasteiger partial charge < -0.3 is 11.9 Å². The van der Waals surface area contributed by atoms with Crippen molar-refractivity contribution in [3.8, 4) is 0 Å². The van der Waals surface area contributed by atoms with Crippen molar-refractivity contribution in [1.29, 1.82) is 0 Å². The monoisotopic (exact) mass is 172 g/mol. The fourth-order valence-electron chi connectivity index (χ4n) is 2.25. The molecular weight excluding hydrogens is 148 g/mol. The van der Waals surface area contributed by atoms with Crippen LogP contribution in [0, 0.1) is 23.7 Å². The molecule has 1 fully saturated rings. The Morgan fingerprint density at radius 2 is 1.42 bits per heavy atom. The van der Waals surface area contributed by atoms with Crippen molar-refractivity contribution in [2.75, 3.05) is 0 Å². The van der Waals surface area contributed by atoms with Gasteiger partial charge in [0.25, 0.3) is 0 Å². The van der Waals surface area contributed by atoms with E-state index >= 15 is 0 Å². The lowest BCUT2D eigenvalue weighted by Gasteiger charge is -2.40. The molecule has 12 heavy (non-hydrogen) atoms. The van der Waals surface area contributed by atoms with E-state index in [9.17, 15) is 0 Å². The van der Waals surface area contributed by atoms with Crippen LogP contribution >= 0.6 is 0 Å². The normalized spacial score (nSPS) is 48.2. The Morgan fingerprint density at radius 3 is 1.92 bits per heavy atom. The molecule has 5 N–H and O–H groups in total. The first-order chi connectivity index (χ1) is 5.04. The predicted molar refractivity (Wildman–Crippen MR) is 54.3 cm³/mol. The molecule has 0 aromatic carbocycles. The third kappa shape index (κ3) is 1.99. The van der Waals surface area contributed by atoms with Crippen molar-refractivity contribution in [2.24, 2.45) is 29.4 Å². The molecule has 0 saturated heterocycles. The van der Waals surface area contributed by atoms with Crippen LogP contribution in [0.15, 0.2) is 0 Å². The maximum Gasteiger partial charge on any atom is 0.00698 e. The number of hydrogen-bond acceptors (Lipinski definition) is 2. The van der Waals surface area contributed by atoms with Gasteiger partial charge in [-0.3, -0.25) is 0 Å². The maximum absolute atomic E-state index is 6.02. The zero-order valence-electron chi connectivity index (χ0n) is 8.88. The quantitative estimate of drug-likeness (QED) is 0.589. The standard InChI is InChI=1S/C10H21N.H3N/c1-6-5-10(11)9(4)8(3)7(6)2;/h6-10H,5,11H2,1-4H3;1H3. The summed E-state index contributed by atoms with van der Waals surface area (Å²) < 4.78 is 0. The Bertz CT molecular complexity index is 122. The summed E-state index contributed by atoms with van der Waals surface area (Å²) in [5, 5.41) is 0. The first-order valence-electron chi connectivity index (χ1n) is 4.79.